The summed E-state index contributed by atoms with van der Waals surface area (Å²) in [5, 5.41) is 2.70. The molecule has 4 heteroatoms. The molecule has 0 bridgehead atoms. The van der Waals surface area contributed by atoms with Gasteiger partial charge in [-0.05, 0) is 37.1 Å². The molecule has 2 amide bonds. The predicted molar refractivity (Wildman–Crippen MR) is 75.7 cm³/mol. The van der Waals surface area contributed by atoms with Crippen LogP contribution in [0.4, 0.5) is 5.69 Å². The smallest absolute Gasteiger partial charge is 0.243 e. The van der Waals surface area contributed by atoms with Crippen LogP contribution in [0, 0.1) is 0 Å². The lowest BCUT2D eigenvalue weighted by Crippen LogP contribution is -2.23. The fourth-order valence-electron chi connectivity index (χ4n) is 2.09. The fraction of sp³-hybridized carbons (Fsp3) is 0.333. The summed E-state index contributed by atoms with van der Waals surface area (Å²) in [6, 6.07) is 7.66. The second-order valence-corrected chi connectivity index (χ2v) is 4.47. The van der Waals surface area contributed by atoms with Crippen LogP contribution in [0.25, 0.3) is 6.08 Å². The highest BCUT2D eigenvalue weighted by Crippen LogP contribution is 2.21. The largest absolute Gasteiger partial charge is 0.353 e. The van der Waals surface area contributed by atoms with Crippen LogP contribution >= 0.6 is 0 Å². The van der Waals surface area contributed by atoms with Gasteiger partial charge in [0.25, 0.3) is 0 Å². The first-order valence-electron chi connectivity index (χ1n) is 6.57. The van der Waals surface area contributed by atoms with E-state index in [2.05, 4.69) is 5.32 Å². The van der Waals surface area contributed by atoms with Gasteiger partial charge in [0.1, 0.15) is 0 Å². The summed E-state index contributed by atoms with van der Waals surface area (Å²) in [6.45, 7) is 3.31. The normalized spacial score (nSPS) is 15.2. The highest BCUT2D eigenvalue weighted by atomic mass is 16.2. The van der Waals surface area contributed by atoms with Crippen molar-refractivity contribution in [1.82, 2.24) is 5.32 Å². The Morgan fingerprint density at radius 3 is 2.68 bits per heavy atom. The molecule has 4 nitrogen and oxygen atoms in total. The second kappa shape index (κ2) is 6.18. The highest BCUT2D eigenvalue weighted by molar-refractivity contribution is 5.95. The average molecular weight is 258 g/mol. The number of nitrogens with one attached hydrogen (secondary N) is 1. The molecule has 1 N–H and O–H groups in total. The van der Waals surface area contributed by atoms with Gasteiger partial charge in [0, 0.05) is 31.3 Å². The van der Waals surface area contributed by atoms with Crippen LogP contribution in [0.3, 0.4) is 0 Å². The molecule has 0 aliphatic carbocycles. The van der Waals surface area contributed by atoms with Gasteiger partial charge in [-0.15, -0.1) is 0 Å². The first kappa shape index (κ1) is 13.3. The van der Waals surface area contributed by atoms with E-state index in [4.69, 9.17) is 0 Å². The number of benzene rings is 1. The van der Waals surface area contributed by atoms with E-state index in [-0.39, 0.29) is 11.8 Å². The predicted octanol–water partition coefficient (Wildman–Crippen LogP) is 1.96. The van der Waals surface area contributed by atoms with Crippen molar-refractivity contribution in [3.63, 3.8) is 0 Å². The number of amides is 2. The third kappa shape index (κ3) is 3.44. The molecular weight excluding hydrogens is 240 g/mol. The lowest BCUT2D eigenvalue weighted by Gasteiger charge is -2.15. The highest BCUT2D eigenvalue weighted by Gasteiger charge is 2.21. The zero-order valence-electron chi connectivity index (χ0n) is 11.1. The number of carbonyl (C=O) groups is 2. The van der Waals surface area contributed by atoms with Crippen molar-refractivity contribution < 1.29 is 9.59 Å². The molecule has 1 fully saturated rings. The molecule has 0 atom stereocenters. The number of hydrogen-bond donors (Lipinski definition) is 1. The van der Waals surface area contributed by atoms with Gasteiger partial charge in [-0.2, -0.15) is 0 Å². The first-order valence-corrected chi connectivity index (χ1v) is 6.57. The number of rotatable bonds is 4. The standard InChI is InChI=1S/C15H18N2O2/c1-2-16-14(18)10-7-12-5-8-13(9-6-12)17-11-3-4-15(17)19/h5-10H,2-4,11H2,1H3,(H,16,18). The molecule has 0 aromatic heterocycles. The Balaban J connectivity index is 2.02. The molecule has 0 saturated carbocycles. The van der Waals surface area contributed by atoms with E-state index in [1.54, 1.807) is 11.0 Å². The Morgan fingerprint density at radius 1 is 1.37 bits per heavy atom. The summed E-state index contributed by atoms with van der Waals surface area (Å²) in [5.41, 5.74) is 1.87. The van der Waals surface area contributed by atoms with Crippen molar-refractivity contribution in [2.75, 3.05) is 18.0 Å². The number of anilines is 1. The van der Waals surface area contributed by atoms with E-state index in [9.17, 15) is 9.59 Å². The fourth-order valence-corrected chi connectivity index (χ4v) is 2.09. The summed E-state index contributed by atoms with van der Waals surface area (Å²) >= 11 is 0. The quantitative estimate of drug-likeness (QED) is 0.839. The molecule has 1 aliphatic rings. The number of carbonyl (C=O) groups excluding carboxylic acids is 2. The van der Waals surface area contributed by atoms with Crippen LogP contribution in [0.15, 0.2) is 30.3 Å². The molecule has 2 rings (SSSR count). The summed E-state index contributed by atoms with van der Waals surface area (Å²) in [6.07, 6.45) is 4.84. The molecule has 19 heavy (non-hydrogen) atoms. The minimum atomic E-state index is -0.0960. The minimum absolute atomic E-state index is 0.0960. The van der Waals surface area contributed by atoms with Crippen molar-refractivity contribution in [2.24, 2.45) is 0 Å². The molecule has 1 aliphatic heterocycles. The van der Waals surface area contributed by atoms with Crippen LogP contribution in [-0.4, -0.2) is 24.9 Å². The van der Waals surface area contributed by atoms with E-state index in [0.717, 1.165) is 24.2 Å². The van der Waals surface area contributed by atoms with E-state index in [1.165, 1.54) is 6.08 Å². The molecule has 0 spiro atoms. The first-order chi connectivity index (χ1) is 9.20. The Kier molecular flexibility index (Phi) is 4.34. The van der Waals surface area contributed by atoms with Gasteiger partial charge in [0.15, 0.2) is 0 Å². The minimum Gasteiger partial charge on any atom is -0.353 e. The SMILES string of the molecule is CCNC(=O)C=Cc1ccc(N2CCCC2=O)cc1. The number of hydrogen-bond acceptors (Lipinski definition) is 2. The monoisotopic (exact) mass is 258 g/mol. The van der Waals surface area contributed by atoms with E-state index in [1.807, 2.05) is 31.2 Å². The Labute approximate surface area is 113 Å². The lowest BCUT2D eigenvalue weighted by atomic mass is 10.2. The third-order valence-corrected chi connectivity index (χ3v) is 3.06. The maximum absolute atomic E-state index is 11.6. The number of likely N-dealkylation sites (N-methyl/N-ethyl adjacent to an activating group) is 1. The van der Waals surface area contributed by atoms with Crippen molar-refractivity contribution in [3.8, 4) is 0 Å². The molecular formula is C15H18N2O2. The molecule has 100 valence electrons. The van der Waals surface area contributed by atoms with Crippen LogP contribution in [0.2, 0.25) is 0 Å². The van der Waals surface area contributed by atoms with Gasteiger partial charge in [-0.1, -0.05) is 12.1 Å². The maximum Gasteiger partial charge on any atom is 0.243 e. The van der Waals surface area contributed by atoms with Gasteiger partial charge in [0.05, 0.1) is 0 Å². The average Bonchev–Trinajstić information content (AvgIpc) is 2.84. The van der Waals surface area contributed by atoms with Crippen molar-refractivity contribution in [1.29, 1.82) is 0 Å². The van der Waals surface area contributed by atoms with Gasteiger partial charge >= 0.3 is 0 Å². The van der Waals surface area contributed by atoms with Crippen molar-refractivity contribution in [3.05, 3.63) is 35.9 Å². The van der Waals surface area contributed by atoms with Crippen LogP contribution in [0.5, 0.6) is 0 Å². The van der Waals surface area contributed by atoms with Gasteiger partial charge in [0.2, 0.25) is 11.8 Å². The summed E-state index contributed by atoms with van der Waals surface area (Å²) in [5.74, 6) is 0.0897. The molecule has 0 radical (unpaired) electrons. The summed E-state index contributed by atoms with van der Waals surface area (Å²) < 4.78 is 0. The van der Waals surface area contributed by atoms with Gasteiger partial charge in [-0.25, -0.2) is 0 Å². The van der Waals surface area contributed by atoms with Gasteiger partial charge in [-0.3, -0.25) is 9.59 Å². The lowest BCUT2D eigenvalue weighted by molar-refractivity contribution is -0.117. The summed E-state index contributed by atoms with van der Waals surface area (Å²) in [4.78, 5) is 24.7. The molecule has 1 aromatic carbocycles. The molecule has 0 unspecified atom stereocenters. The van der Waals surface area contributed by atoms with E-state index >= 15 is 0 Å². The Hall–Kier alpha value is -2.10. The van der Waals surface area contributed by atoms with Crippen LogP contribution < -0.4 is 10.2 Å². The van der Waals surface area contributed by atoms with E-state index in [0.29, 0.717) is 13.0 Å². The molecule has 1 saturated heterocycles. The Morgan fingerprint density at radius 2 is 2.11 bits per heavy atom. The van der Waals surface area contributed by atoms with Crippen molar-refractivity contribution in [2.45, 2.75) is 19.8 Å². The van der Waals surface area contributed by atoms with E-state index < -0.39 is 0 Å². The van der Waals surface area contributed by atoms with Gasteiger partial charge < -0.3 is 10.2 Å². The number of nitrogens with zero attached hydrogens (tertiary/aromatic N) is 1. The van der Waals surface area contributed by atoms with Crippen LogP contribution in [0.1, 0.15) is 25.3 Å². The summed E-state index contributed by atoms with van der Waals surface area (Å²) in [7, 11) is 0. The topological polar surface area (TPSA) is 49.4 Å². The zero-order valence-corrected chi connectivity index (χ0v) is 11.1. The maximum atomic E-state index is 11.6. The zero-order chi connectivity index (χ0) is 13.7. The van der Waals surface area contributed by atoms with Crippen molar-refractivity contribution >= 4 is 23.6 Å². The third-order valence-electron chi connectivity index (χ3n) is 3.06. The second-order valence-electron chi connectivity index (χ2n) is 4.47. The van der Waals surface area contributed by atoms with Crippen LogP contribution in [-0.2, 0) is 9.59 Å². The Bertz CT molecular complexity index is 491. The molecule has 1 heterocycles. The molecule has 1 aromatic rings.